The highest BCUT2D eigenvalue weighted by Crippen LogP contribution is 2.32. The number of unbranched alkanes of at least 4 members (excludes halogenated alkanes) is 1. The van der Waals surface area contributed by atoms with Crippen LogP contribution in [0.4, 0.5) is 0 Å². The normalized spacial score (nSPS) is 12.1. The van der Waals surface area contributed by atoms with Gasteiger partial charge in [0.2, 0.25) is 0 Å². The fourth-order valence-electron chi connectivity index (χ4n) is 2.05. The molecule has 0 spiro atoms. The summed E-state index contributed by atoms with van der Waals surface area (Å²) in [7, 11) is 0. The summed E-state index contributed by atoms with van der Waals surface area (Å²) < 4.78 is 0. The second kappa shape index (κ2) is 7.91. The van der Waals surface area contributed by atoms with E-state index in [4.69, 9.17) is 0 Å². The van der Waals surface area contributed by atoms with Crippen LogP contribution < -0.4 is 0 Å². The zero-order chi connectivity index (χ0) is 14.2. The van der Waals surface area contributed by atoms with Crippen LogP contribution in [0.5, 0.6) is 0 Å². The number of ketones is 1. The van der Waals surface area contributed by atoms with Crippen LogP contribution in [-0.4, -0.2) is 11.5 Å². The number of hydrogen-bond donors (Lipinski definition) is 0. The summed E-state index contributed by atoms with van der Waals surface area (Å²) in [4.78, 5) is 12.7. The largest absolute Gasteiger partial charge is 0.293 e. The monoisotopic (exact) mass is 284 g/mol. The Kier molecular flexibility index (Phi) is 5.87. The number of hydrogen-bond acceptors (Lipinski definition) is 2. The maximum Gasteiger partial charge on any atom is 0.180 e. The Labute approximate surface area is 125 Å². The molecule has 1 nitrogen and oxygen atoms in total. The van der Waals surface area contributed by atoms with E-state index < -0.39 is 0 Å². The molecule has 2 rings (SSSR count). The molecule has 0 radical (unpaired) electrons. The molecule has 20 heavy (non-hydrogen) atoms. The standard InChI is InChI=1S/C18H20OS/c1-2-3-14-20-18(16-12-8-5-9-13-16)17(19)15-10-6-4-7-11-15/h4-13,18H,2-3,14H2,1H3. The van der Waals surface area contributed by atoms with E-state index in [1.807, 2.05) is 60.7 Å². The van der Waals surface area contributed by atoms with E-state index >= 15 is 0 Å². The van der Waals surface area contributed by atoms with Crippen molar-refractivity contribution in [1.82, 2.24) is 0 Å². The predicted octanol–water partition coefficient (Wildman–Crippen LogP) is 5.14. The molecule has 0 fully saturated rings. The number of carbonyl (C=O) groups is 1. The van der Waals surface area contributed by atoms with E-state index in [1.54, 1.807) is 11.8 Å². The lowest BCUT2D eigenvalue weighted by molar-refractivity contribution is 0.0989. The van der Waals surface area contributed by atoms with E-state index in [-0.39, 0.29) is 11.0 Å². The van der Waals surface area contributed by atoms with Gasteiger partial charge in [0.25, 0.3) is 0 Å². The number of carbonyl (C=O) groups excluding carboxylic acids is 1. The predicted molar refractivity (Wildman–Crippen MR) is 87.3 cm³/mol. The topological polar surface area (TPSA) is 17.1 Å². The molecule has 0 aliphatic rings. The van der Waals surface area contributed by atoms with Crippen LogP contribution in [0.25, 0.3) is 0 Å². The molecule has 0 saturated heterocycles. The van der Waals surface area contributed by atoms with Gasteiger partial charge < -0.3 is 0 Å². The SMILES string of the molecule is CCCCSC(C(=O)c1ccccc1)c1ccccc1. The minimum absolute atomic E-state index is 0.0925. The quantitative estimate of drug-likeness (QED) is 0.517. The molecule has 0 amide bonds. The third-order valence-electron chi connectivity index (χ3n) is 3.18. The average Bonchev–Trinajstić information content (AvgIpc) is 2.53. The van der Waals surface area contributed by atoms with Crippen molar-refractivity contribution in [2.75, 3.05) is 5.75 Å². The fraction of sp³-hybridized carbons (Fsp3) is 0.278. The maximum atomic E-state index is 12.7. The van der Waals surface area contributed by atoms with Crippen molar-refractivity contribution < 1.29 is 4.79 Å². The van der Waals surface area contributed by atoms with Crippen molar-refractivity contribution in [2.45, 2.75) is 25.0 Å². The van der Waals surface area contributed by atoms with Crippen LogP contribution in [0.2, 0.25) is 0 Å². The molecule has 0 aliphatic carbocycles. The minimum atomic E-state index is -0.0925. The van der Waals surface area contributed by atoms with Crippen molar-refractivity contribution in [2.24, 2.45) is 0 Å². The lowest BCUT2D eigenvalue weighted by atomic mass is 10.0. The van der Waals surface area contributed by atoms with Crippen molar-refractivity contribution in [3.8, 4) is 0 Å². The molecular weight excluding hydrogens is 264 g/mol. The lowest BCUT2D eigenvalue weighted by Crippen LogP contribution is -2.10. The summed E-state index contributed by atoms with van der Waals surface area (Å²) in [5.41, 5.74) is 1.90. The minimum Gasteiger partial charge on any atom is -0.293 e. The van der Waals surface area contributed by atoms with E-state index in [1.165, 1.54) is 0 Å². The first-order valence-electron chi connectivity index (χ1n) is 7.08. The molecule has 2 aromatic carbocycles. The third kappa shape index (κ3) is 3.97. The Morgan fingerprint density at radius 1 is 1.00 bits per heavy atom. The van der Waals surface area contributed by atoms with Crippen LogP contribution in [0.1, 0.15) is 40.9 Å². The summed E-state index contributed by atoms with van der Waals surface area (Å²) in [6.07, 6.45) is 2.31. The van der Waals surface area contributed by atoms with Gasteiger partial charge in [0.05, 0.1) is 5.25 Å². The molecule has 2 heteroatoms. The van der Waals surface area contributed by atoms with Crippen LogP contribution >= 0.6 is 11.8 Å². The van der Waals surface area contributed by atoms with Gasteiger partial charge in [-0.25, -0.2) is 0 Å². The van der Waals surface area contributed by atoms with Gasteiger partial charge >= 0.3 is 0 Å². The van der Waals surface area contributed by atoms with Crippen LogP contribution in [0, 0.1) is 0 Å². The molecule has 0 saturated carbocycles. The highest BCUT2D eigenvalue weighted by molar-refractivity contribution is 8.00. The Morgan fingerprint density at radius 3 is 2.20 bits per heavy atom. The molecule has 0 aromatic heterocycles. The summed E-state index contributed by atoms with van der Waals surface area (Å²) in [6.45, 7) is 2.18. The second-order valence-corrected chi connectivity index (χ2v) is 5.96. The molecule has 0 N–H and O–H groups in total. The van der Waals surface area contributed by atoms with Crippen LogP contribution in [-0.2, 0) is 0 Å². The van der Waals surface area contributed by atoms with Crippen molar-refractivity contribution in [1.29, 1.82) is 0 Å². The van der Waals surface area contributed by atoms with Gasteiger partial charge in [-0.15, -0.1) is 11.8 Å². The Balaban J connectivity index is 2.20. The Morgan fingerprint density at radius 2 is 1.60 bits per heavy atom. The van der Waals surface area contributed by atoms with E-state index in [2.05, 4.69) is 6.92 Å². The van der Waals surface area contributed by atoms with Gasteiger partial charge in [0, 0.05) is 5.56 Å². The third-order valence-corrected chi connectivity index (χ3v) is 4.53. The smallest absolute Gasteiger partial charge is 0.180 e. The second-order valence-electron chi connectivity index (χ2n) is 4.75. The number of thioether (sulfide) groups is 1. The fourth-order valence-corrected chi connectivity index (χ4v) is 3.38. The van der Waals surface area contributed by atoms with Crippen LogP contribution in [0.15, 0.2) is 60.7 Å². The number of benzene rings is 2. The molecule has 2 aromatic rings. The first kappa shape index (κ1) is 14.9. The Bertz CT molecular complexity index is 522. The van der Waals surface area contributed by atoms with Gasteiger partial charge in [-0.3, -0.25) is 4.79 Å². The molecule has 0 bridgehead atoms. The number of rotatable bonds is 7. The first-order chi connectivity index (χ1) is 9.83. The molecule has 1 atom stereocenters. The molecular formula is C18H20OS. The van der Waals surface area contributed by atoms with E-state index in [9.17, 15) is 4.79 Å². The lowest BCUT2D eigenvalue weighted by Gasteiger charge is -2.16. The van der Waals surface area contributed by atoms with Crippen molar-refractivity contribution >= 4 is 17.5 Å². The molecule has 1 unspecified atom stereocenters. The Hall–Kier alpha value is -1.54. The van der Waals surface area contributed by atoms with Gasteiger partial charge in [0.15, 0.2) is 5.78 Å². The zero-order valence-corrected chi connectivity index (χ0v) is 12.6. The summed E-state index contributed by atoms with van der Waals surface area (Å²) in [6, 6.07) is 19.7. The zero-order valence-electron chi connectivity index (χ0n) is 11.8. The summed E-state index contributed by atoms with van der Waals surface area (Å²) in [5, 5.41) is -0.0925. The van der Waals surface area contributed by atoms with Gasteiger partial charge in [-0.1, -0.05) is 74.0 Å². The molecule has 104 valence electrons. The molecule has 0 aliphatic heterocycles. The van der Waals surface area contributed by atoms with E-state index in [0.717, 1.165) is 29.7 Å². The molecule has 0 heterocycles. The summed E-state index contributed by atoms with van der Waals surface area (Å²) >= 11 is 1.75. The summed E-state index contributed by atoms with van der Waals surface area (Å²) in [5.74, 6) is 1.23. The van der Waals surface area contributed by atoms with Crippen molar-refractivity contribution in [3.05, 3.63) is 71.8 Å². The van der Waals surface area contributed by atoms with Crippen molar-refractivity contribution in [3.63, 3.8) is 0 Å². The van der Waals surface area contributed by atoms with Gasteiger partial charge in [-0.05, 0) is 17.7 Å². The van der Waals surface area contributed by atoms with E-state index in [0.29, 0.717) is 0 Å². The maximum absolute atomic E-state index is 12.7. The first-order valence-corrected chi connectivity index (χ1v) is 8.13. The number of Topliss-reactive ketones (excluding diaryl/α,β-unsaturated/α-hetero) is 1. The van der Waals surface area contributed by atoms with Gasteiger partial charge in [0.1, 0.15) is 0 Å². The van der Waals surface area contributed by atoms with Gasteiger partial charge in [-0.2, -0.15) is 0 Å². The average molecular weight is 284 g/mol. The highest BCUT2D eigenvalue weighted by Gasteiger charge is 2.21. The highest BCUT2D eigenvalue weighted by atomic mass is 32.2. The van der Waals surface area contributed by atoms with Crippen LogP contribution in [0.3, 0.4) is 0 Å².